The number of carbonyl (C=O) groups is 2. The minimum atomic E-state index is -3.17. The molecule has 2 fully saturated rings. The molecule has 0 aliphatic carbocycles. The summed E-state index contributed by atoms with van der Waals surface area (Å²) in [5.74, 6) is -0.104. The van der Waals surface area contributed by atoms with E-state index in [1.807, 2.05) is 4.90 Å². The normalized spacial score (nSPS) is 21.3. The summed E-state index contributed by atoms with van der Waals surface area (Å²) in [7, 11) is -3.17. The second kappa shape index (κ2) is 8.80. The number of sulfonamides is 1. The Bertz CT molecular complexity index is 534. The standard InChI is InChI=1S/C16H29N3O4S/c1-24(22,23)19-12-7-14(8-13-19)16(21)17-9-6-15(20)18-10-4-2-3-5-11-18/h14H,2-13H2,1H3,(H,17,21). The molecule has 1 N–H and O–H groups in total. The number of rotatable bonds is 5. The van der Waals surface area contributed by atoms with Crippen LogP contribution in [0.3, 0.4) is 0 Å². The molecule has 0 aromatic rings. The number of nitrogens with zero attached hydrogens (tertiary/aromatic N) is 2. The molecule has 7 nitrogen and oxygen atoms in total. The quantitative estimate of drug-likeness (QED) is 0.777. The van der Waals surface area contributed by atoms with Crippen molar-refractivity contribution in [1.29, 1.82) is 0 Å². The van der Waals surface area contributed by atoms with Crippen LogP contribution in [0, 0.1) is 5.92 Å². The van der Waals surface area contributed by atoms with E-state index in [0.717, 1.165) is 25.9 Å². The lowest BCUT2D eigenvalue weighted by molar-refractivity contribution is -0.131. The molecule has 0 unspecified atom stereocenters. The van der Waals surface area contributed by atoms with E-state index in [9.17, 15) is 18.0 Å². The Kier molecular flexibility index (Phi) is 7.03. The van der Waals surface area contributed by atoms with Gasteiger partial charge in [-0.2, -0.15) is 0 Å². The molecule has 0 aromatic heterocycles. The third-order valence-corrected chi connectivity index (χ3v) is 6.19. The molecule has 0 saturated carbocycles. The lowest BCUT2D eigenvalue weighted by Gasteiger charge is -2.29. The molecular weight excluding hydrogens is 330 g/mol. The first-order chi connectivity index (χ1) is 11.4. The maximum Gasteiger partial charge on any atom is 0.224 e. The predicted molar refractivity (Wildman–Crippen MR) is 91.8 cm³/mol. The number of carbonyl (C=O) groups excluding carboxylic acids is 2. The first kappa shape index (κ1) is 19.2. The molecule has 0 radical (unpaired) electrons. The Labute approximate surface area is 144 Å². The molecule has 2 rings (SSSR count). The predicted octanol–water partition coefficient (Wildman–Crippen LogP) is 0.567. The average molecular weight is 359 g/mol. The van der Waals surface area contributed by atoms with Crippen LogP contribution in [0.4, 0.5) is 0 Å². The molecule has 2 heterocycles. The summed E-state index contributed by atoms with van der Waals surface area (Å²) in [5.41, 5.74) is 0. The molecule has 2 amide bonds. The number of nitrogens with one attached hydrogen (secondary N) is 1. The van der Waals surface area contributed by atoms with E-state index in [2.05, 4.69) is 5.32 Å². The average Bonchev–Trinajstić information content (AvgIpc) is 2.83. The van der Waals surface area contributed by atoms with Gasteiger partial charge in [0.25, 0.3) is 0 Å². The van der Waals surface area contributed by atoms with Crippen molar-refractivity contribution in [2.75, 3.05) is 39.0 Å². The molecular formula is C16H29N3O4S. The van der Waals surface area contributed by atoms with Crippen LogP contribution in [0.5, 0.6) is 0 Å². The van der Waals surface area contributed by atoms with Gasteiger partial charge >= 0.3 is 0 Å². The van der Waals surface area contributed by atoms with E-state index >= 15 is 0 Å². The highest BCUT2D eigenvalue weighted by molar-refractivity contribution is 7.88. The van der Waals surface area contributed by atoms with E-state index in [1.54, 1.807) is 0 Å². The molecule has 0 atom stereocenters. The van der Waals surface area contributed by atoms with Crippen LogP contribution in [-0.2, 0) is 19.6 Å². The van der Waals surface area contributed by atoms with Gasteiger partial charge in [0.1, 0.15) is 0 Å². The SMILES string of the molecule is CS(=O)(=O)N1CCC(C(=O)NCCC(=O)N2CCCCCC2)CC1. The monoisotopic (exact) mass is 359 g/mol. The highest BCUT2D eigenvalue weighted by atomic mass is 32.2. The van der Waals surface area contributed by atoms with Crippen LogP contribution in [0.15, 0.2) is 0 Å². The van der Waals surface area contributed by atoms with Gasteiger partial charge < -0.3 is 10.2 Å². The van der Waals surface area contributed by atoms with Crippen LogP contribution >= 0.6 is 0 Å². The maximum atomic E-state index is 12.2. The lowest BCUT2D eigenvalue weighted by Crippen LogP contribution is -2.43. The minimum absolute atomic E-state index is 0.0631. The molecule has 0 bridgehead atoms. The molecule has 2 aliphatic heterocycles. The van der Waals surface area contributed by atoms with Crippen molar-refractivity contribution in [3.8, 4) is 0 Å². The summed E-state index contributed by atoms with van der Waals surface area (Å²) >= 11 is 0. The third-order valence-electron chi connectivity index (χ3n) is 4.89. The minimum Gasteiger partial charge on any atom is -0.355 e. The van der Waals surface area contributed by atoms with Crippen LogP contribution in [0.1, 0.15) is 44.9 Å². The van der Waals surface area contributed by atoms with Crippen molar-refractivity contribution >= 4 is 21.8 Å². The molecule has 24 heavy (non-hydrogen) atoms. The first-order valence-electron chi connectivity index (χ1n) is 8.88. The van der Waals surface area contributed by atoms with Crippen LogP contribution in [0.25, 0.3) is 0 Å². The molecule has 8 heteroatoms. The lowest BCUT2D eigenvalue weighted by atomic mass is 9.97. The van der Waals surface area contributed by atoms with Gasteiger partial charge in [0, 0.05) is 45.1 Å². The van der Waals surface area contributed by atoms with Gasteiger partial charge in [0.2, 0.25) is 21.8 Å². The van der Waals surface area contributed by atoms with E-state index in [0.29, 0.717) is 38.9 Å². The van der Waals surface area contributed by atoms with Crippen molar-refractivity contribution in [3.63, 3.8) is 0 Å². The highest BCUT2D eigenvalue weighted by Crippen LogP contribution is 2.19. The number of amides is 2. The molecule has 138 valence electrons. The van der Waals surface area contributed by atoms with E-state index < -0.39 is 10.0 Å². The second-order valence-electron chi connectivity index (χ2n) is 6.77. The Morgan fingerprint density at radius 1 is 1.00 bits per heavy atom. The van der Waals surface area contributed by atoms with Crippen molar-refractivity contribution in [2.24, 2.45) is 5.92 Å². The summed E-state index contributed by atoms with van der Waals surface area (Å²) in [6, 6.07) is 0. The Morgan fingerprint density at radius 2 is 1.58 bits per heavy atom. The third kappa shape index (κ3) is 5.73. The smallest absolute Gasteiger partial charge is 0.224 e. The molecule has 0 spiro atoms. The maximum absolute atomic E-state index is 12.2. The number of likely N-dealkylation sites (tertiary alicyclic amines) is 1. The zero-order valence-corrected chi connectivity index (χ0v) is 15.3. The van der Waals surface area contributed by atoms with Gasteiger partial charge in [0.15, 0.2) is 0 Å². The largest absolute Gasteiger partial charge is 0.355 e. The zero-order valence-electron chi connectivity index (χ0n) is 14.5. The summed E-state index contributed by atoms with van der Waals surface area (Å²) in [6.45, 7) is 2.81. The number of piperidine rings is 1. The van der Waals surface area contributed by atoms with Gasteiger partial charge in [0.05, 0.1) is 6.26 Å². The van der Waals surface area contributed by atoms with Crippen molar-refractivity contribution in [2.45, 2.75) is 44.9 Å². The Morgan fingerprint density at radius 3 is 2.12 bits per heavy atom. The zero-order chi connectivity index (χ0) is 17.6. The van der Waals surface area contributed by atoms with E-state index in [-0.39, 0.29) is 17.7 Å². The van der Waals surface area contributed by atoms with Gasteiger partial charge in [-0.3, -0.25) is 9.59 Å². The second-order valence-corrected chi connectivity index (χ2v) is 8.75. The van der Waals surface area contributed by atoms with Crippen LogP contribution in [0.2, 0.25) is 0 Å². The summed E-state index contributed by atoms with van der Waals surface area (Å²) < 4.78 is 24.4. The summed E-state index contributed by atoms with van der Waals surface area (Å²) in [6.07, 6.45) is 7.13. The van der Waals surface area contributed by atoms with Gasteiger partial charge in [-0.25, -0.2) is 12.7 Å². The molecule has 0 aromatic carbocycles. The molecule has 2 saturated heterocycles. The summed E-state index contributed by atoms with van der Waals surface area (Å²) in [4.78, 5) is 26.2. The van der Waals surface area contributed by atoms with Crippen LogP contribution in [-0.4, -0.2) is 68.4 Å². The first-order valence-corrected chi connectivity index (χ1v) is 10.7. The Hall–Kier alpha value is -1.15. The van der Waals surface area contributed by atoms with Gasteiger partial charge in [-0.05, 0) is 25.7 Å². The summed E-state index contributed by atoms with van der Waals surface area (Å²) in [5, 5.41) is 2.84. The highest BCUT2D eigenvalue weighted by Gasteiger charge is 2.28. The number of hydrogen-bond acceptors (Lipinski definition) is 4. The van der Waals surface area contributed by atoms with Crippen molar-refractivity contribution < 1.29 is 18.0 Å². The van der Waals surface area contributed by atoms with Crippen LogP contribution < -0.4 is 5.32 Å². The Balaban J connectivity index is 1.67. The van der Waals surface area contributed by atoms with Gasteiger partial charge in [-0.15, -0.1) is 0 Å². The molecule has 2 aliphatic rings. The van der Waals surface area contributed by atoms with E-state index in [4.69, 9.17) is 0 Å². The topological polar surface area (TPSA) is 86.8 Å². The van der Waals surface area contributed by atoms with E-state index in [1.165, 1.54) is 23.4 Å². The number of hydrogen-bond donors (Lipinski definition) is 1. The van der Waals surface area contributed by atoms with Crippen molar-refractivity contribution in [3.05, 3.63) is 0 Å². The van der Waals surface area contributed by atoms with Gasteiger partial charge in [-0.1, -0.05) is 12.8 Å². The fraction of sp³-hybridized carbons (Fsp3) is 0.875. The fourth-order valence-electron chi connectivity index (χ4n) is 3.36. The van der Waals surface area contributed by atoms with Crippen molar-refractivity contribution in [1.82, 2.24) is 14.5 Å². The fourth-order valence-corrected chi connectivity index (χ4v) is 4.24.